The van der Waals surface area contributed by atoms with Crippen molar-refractivity contribution in [3.8, 4) is 11.5 Å². The van der Waals surface area contributed by atoms with Crippen LogP contribution in [0.5, 0.6) is 11.5 Å². The number of likely N-dealkylation sites (tertiary alicyclic amines) is 1. The fourth-order valence-corrected chi connectivity index (χ4v) is 4.62. The van der Waals surface area contributed by atoms with Gasteiger partial charge in [0.05, 0.1) is 5.39 Å². The molecule has 0 bridgehead atoms. The van der Waals surface area contributed by atoms with Gasteiger partial charge in [-0.05, 0) is 66.9 Å². The van der Waals surface area contributed by atoms with E-state index >= 15 is 0 Å². The lowest BCUT2D eigenvalue weighted by atomic mass is 10.0. The molecule has 2 heterocycles. The van der Waals surface area contributed by atoms with E-state index in [1.54, 1.807) is 12.1 Å². The summed E-state index contributed by atoms with van der Waals surface area (Å²) in [7, 11) is 0. The molecule has 1 aliphatic heterocycles. The largest absolute Gasteiger partial charge is 0.456 e. The Morgan fingerprint density at radius 3 is 2.74 bits per heavy atom. The third-order valence-electron chi connectivity index (χ3n) is 5.69. The van der Waals surface area contributed by atoms with Crippen LogP contribution in [0.1, 0.15) is 30.0 Å². The molecule has 1 N–H and O–H groups in total. The van der Waals surface area contributed by atoms with E-state index in [4.69, 9.17) is 32.5 Å². The highest BCUT2D eigenvalue weighted by molar-refractivity contribution is 6.36. The molecular weight excluding hydrogens is 435 g/mol. The first-order valence-corrected chi connectivity index (χ1v) is 10.9. The summed E-state index contributed by atoms with van der Waals surface area (Å²) in [5.74, 6) is 1.10. The van der Waals surface area contributed by atoms with Crippen molar-refractivity contribution in [1.29, 1.82) is 0 Å². The molecule has 4 aromatic rings. The summed E-state index contributed by atoms with van der Waals surface area (Å²) in [6, 6.07) is 19.8. The van der Waals surface area contributed by atoms with Gasteiger partial charge in [-0.1, -0.05) is 47.5 Å². The molecule has 3 aromatic carbocycles. The molecule has 1 saturated heterocycles. The van der Waals surface area contributed by atoms with Crippen molar-refractivity contribution in [3.05, 3.63) is 92.2 Å². The minimum absolute atomic E-state index is 0.265. The number of aromatic nitrogens is 1. The Morgan fingerprint density at radius 2 is 1.94 bits per heavy atom. The molecular formula is C24H20Cl2N2O3. The van der Waals surface area contributed by atoms with Gasteiger partial charge in [-0.25, -0.2) is 0 Å². The first kappa shape index (κ1) is 20.2. The maximum Gasteiger partial charge on any atom is 0.287 e. The first-order valence-electron chi connectivity index (χ1n) is 10.1. The Morgan fingerprint density at radius 1 is 1.10 bits per heavy atom. The Hall–Kier alpha value is -2.73. The number of hydrogen-bond acceptors (Lipinski definition) is 4. The number of aromatic amines is 1. The van der Waals surface area contributed by atoms with Crippen LogP contribution in [0.15, 0.2) is 70.0 Å². The molecule has 158 valence electrons. The van der Waals surface area contributed by atoms with Gasteiger partial charge in [0.15, 0.2) is 5.58 Å². The summed E-state index contributed by atoms with van der Waals surface area (Å²) >= 11 is 12.5. The molecule has 0 aliphatic carbocycles. The fourth-order valence-electron chi connectivity index (χ4n) is 4.18. The van der Waals surface area contributed by atoms with Crippen molar-refractivity contribution in [3.63, 3.8) is 0 Å². The summed E-state index contributed by atoms with van der Waals surface area (Å²) in [5, 5.41) is 3.73. The predicted molar refractivity (Wildman–Crippen MR) is 122 cm³/mol. The molecule has 1 unspecified atom stereocenters. The van der Waals surface area contributed by atoms with Gasteiger partial charge in [-0.3, -0.25) is 9.69 Å². The minimum Gasteiger partial charge on any atom is -0.456 e. The molecule has 7 heteroatoms. The van der Waals surface area contributed by atoms with Gasteiger partial charge in [0.25, 0.3) is 5.56 Å². The number of nitrogens with zero attached hydrogens (tertiary/aromatic N) is 1. The van der Waals surface area contributed by atoms with Crippen molar-refractivity contribution < 1.29 is 9.26 Å². The summed E-state index contributed by atoms with van der Waals surface area (Å²) in [6.45, 7) is 1.92. The van der Waals surface area contributed by atoms with Gasteiger partial charge in [-0.2, -0.15) is 5.16 Å². The van der Waals surface area contributed by atoms with Gasteiger partial charge in [0.2, 0.25) is 0 Å². The predicted octanol–water partition coefficient (Wildman–Crippen LogP) is 6.56. The van der Waals surface area contributed by atoms with E-state index in [0.29, 0.717) is 28.5 Å². The van der Waals surface area contributed by atoms with Crippen molar-refractivity contribution >= 4 is 34.2 Å². The first-order chi connectivity index (χ1) is 15.1. The van der Waals surface area contributed by atoms with E-state index in [-0.39, 0.29) is 10.6 Å². The molecule has 0 amide bonds. The highest BCUT2D eigenvalue weighted by atomic mass is 35.5. The second-order valence-corrected chi connectivity index (χ2v) is 8.53. The van der Waals surface area contributed by atoms with Gasteiger partial charge in [0, 0.05) is 17.6 Å². The number of H-pyrrole nitrogens is 1. The molecule has 1 aliphatic rings. The summed E-state index contributed by atoms with van der Waals surface area (Å²) in [4.78, 5) is 14.1. The highest BCUT2D eigenvalue weighted by Gasteiger charge is 2.26. The van der Waals surface area contributed by atoms with Crippen LogP contribution in [-0.2, 0) is 6.54 Å². The number of fused-ring (bicyclic) bond motifs is 1. The quantitative estimate of drug-likeness (QED) is 0.371. The zero-order valence-electron chi connectivity index (χ0n) is 16.6. The van der Waals surface area contributed by atoms with Crippen LogP contribution < -0.4 is 10.3 Å². The van der Waals surface area contributed by atoms with Crippen molar-refractivity contribution in [1.82, 2.24) is 10.1 Å². The van der Waals surface area contributed by atoms with E-state index in [9.17, 15) is 4.79 Å². The van der Waals surface area contributed by atoms with E-state index in [0.717, 1.165) is 24.5 Å². The normalized spacial score (nSPS) is 16.8. The van der Waals surface area contributed by atoms with Crippen LogP contribution in [0, 0.1) is 0 Å². The zero-order chi connectivity index (χ0) is 21.4. The summed E-state index contributed by atoms with van der Waals surface area (Å²) < 4.78 is 11.1. The lowest BCUT2D eigenvalue weighted by Crippen LogP contribution is -2.22. The van der Waals surface area contributed by atoms with Crippen LogP contribution in [0.3, 0.4) is 0 Å². The molecule has 5 rings (SSSR count). The fraction of sp³-hybridized carbons (Fsp3) is 0.208. The highest BCUT2D eigenvalue weighted by Crippen LogP contribution is 2.36. The van der Waals surface area contributed by atoms with Gasteiger partial charge < -0.3 is 9.26 Å². The molecule has 1 fully saturated rings. The van der Waals surface area contributed by atoms with Crippen LogP contribution in [-0.4, -0.2) is 16.6 Å². The number of benzene rings is 3. The molecule has 5 nitrogen and oxygen atoms in total. The van der Waals surface area contributed by atoms with Crippen molar-refractivity contribution in [2.24, 2.45) is 0 Å². The van der Waals surface area contributed by atoms with Crippen molar-refractivity contribution in [2.45, 2.75) is 25.4 Å². The van der Waals surface area contributed by atoms with E-state index < -0.39 is 0 Å². The van der Waals surface area contributed by atoms with Crippen LogP contribution in [0.25, 0.3) is 11.0 Å². The average Bonchev–Trinajstić information content (AvgIpc) is 3.38. The van der Waals surface area contributed by atoms with E-state index in [1.165, 1.54) is 17.5 Å². The Balaban J connectivity index is 1.30. The maximum atomic E-state index is 11.7. The lowest BCUT2D eigenvalue weighted by Gasteiger charge is -2.25. The molecule has 31 heavy (non-hydrogen) atoms. The minimum atomic E-state index is -0.314. The standard InChI is InChI=1S/C24H20Cl2N2O3/c25-17-4-1-3-16(13-17)20-5-2-12-28(20)14-15-6-8-18(9-7-15)30-21-11-10-19-23(22(21)26)31-27-24(19)29/h1,3-4,6-11,13,20H,2,5,12,14H2,(H,27,29). The molecule has 1 atom stereocenters. The number of ether oxygens (including phenoxy) is 1. The number of hydrogen-bond donors (Lipinski definition) is 1. The second-order valence-electron chi connectivity index (χ2n) is 7.72. The Kier molecular flexibility index (Phi) is 5.48. The molecule has 1 aromatic heterocycles. The van der Waals surface area contributed by atoms with E-state index in [1.807, 2.05) is 24.3 Å². The number of nitrogens with one attached hydrogen (secondary N) is 1. The van der Waals surface area contributed by atoms with E-state index in [2.05, 4.69) is 34.3 Å². The SMILES string of the molecule is O=c1[nH]oc2c(Cl)c(Oc3ccc(CN4CCCC4c4cccc(Cl)c4)cc3)ccc12. The molecule has 0 spiro atoms. The Bertz CT molecular complexity index is 1280. The maximum absolute atomic E-state index is 11.7. The smallest absolute Gasteiger partial charge is 0.287 e. The number of rotatable bonds is 5. The third kappa shape index (κ3) is 4.09. The van der Waals surface area contributed by atoms with Gasteiger partial charge >= 0.3 is 0 Å². The third-order valence-corrected chi connectivity index (χ3v) is 6.28. The second kappa shape index (κ2) is 8.42. The van der Waals surface area contributed by atoms with Gasteiger partial charge in [0.1, 0.15) is 16.5 Å². The summed E-state index contributed by atoms with van der Waals surface area (Å²) in [5.41, 5.74) is 2.46. The van der Waals surface area contributed by atoms with Gasteiger partial charge in [-0.15, -0.1) is 0 Å². The lowest BCUT2D eigenvalue weighted by molar-refractivity contribution is 0.248. The topological polar surface area (TPSA) is 58.5 Å². The van der Waals surface area contributed by atoms with Crippen LogP contribution in [0.2, 0.25) is 10.0 Å². The van der Waals surface area contributed by atoms with Crippen LogP contribution in [0.4, 0.5) is 0 Å². The van der Waals surface area contributed by atoms with Crippen molar-refractivity contribution in [2.75, 3.05) is 6.54 Å². The zero-order valence-corrected chi connectivity index (χ0v) is 18.1. The molecule has 0 saturated carbocycles. The summed E-state index contributed by atoms with van der Waals surface area (Å²) in [6.07, 6.45) is 2.31. The number of halogens is 2. The monoisotopic (exact) mass is 454 g/mol. The average molecular weight is 455 g/mol. The Labute approximate surface area is 189 Å². The van der Waals surface area contributed by atoms with Crippen LogP contribution >= 0.6 is 23.2 Å². The molecule has 0 radical (unpaired) electrons.